The summed E-state index contributed by atoms with van der Waals surface area (Å²) < 4.78 is 18.5. The zero-order valence-electron chi connectivity index (χ0n) is 9.83. The Kier molecular flexibility index (Phi) is 3.00. The molecule has 3 heteroatoms. The highest BCUT2D eigenvalue weighted by molar-refractivity contribution is 5.74. The molecule has 0 aromatic heterocycles. The molecule has 0 saturated carbocycles. The van der Waals surface area contributed by atoms with E-state index in [1.807, 2.05) is 25.1 Å². The van der Waals surface area contributed by atoms with Gasteiger partial charge in [0, 0.05) is 11.3 Å². The average molecular weight is 231 g/mol. The normalized spacial score (nSPS) is 10.3. The van der Waals surface area contributed by atoms with Gasteiger partial charge < -0.3 is 10.5 Å². The van der Waals surface area contributed by atoms with Crippen LogP contribution in [0.2, 0.25) is 0 Å². The summed E-state index contributed by atoms with van der Waals surface area (Å²) in [4.78, 5) is 0. The molecule has 2 rings (SSSR count). The second-order valence-electron chi connectivity index (χ2n) is 3.92. The number of nitrogens with two attached hydrogens (primary N) is 1. The molecule has 0 amide bonds. The molecule has 0 heterocycles. The number of ether oxygens (including phenoxy) is 1. The summed E-state index contributed by atoms with van der Waals surface area (Å²) in [6.45, 7) is 1.93. The first-order valence-electron chi connectivity index (χ1n) is 5.32. The second-order valence-corrected chi connectivity index (χ2v) is 3.92. The van der Waals surface area contributed by atoms with Crippen molar-refractivity contribution in [3.63, 3.8) is 0 Å². The van der Waals surface area contributed by atoms with Crippen molar-refractivity contribution in [3.05, 3.63) is 47.8 Å². The van der Waals surface area contributed by atoms with Crippen LogP contribution in [0.25, 0.3) is 11.1 Å². The lowest BCUT2D eigenvalue weighted by Crippen LogP contribution is -1.92. The zero-order chi connectivity index (χ0) is 12.4. The van der Waals surface area contributed by atoms with Crippen LogP contribution < -0.4 is 10.5 Å². The van der Waals surface area contributed by atoms with Gasteiger partial charge in [0.25, 0.3) is 0 Å². The van der Waals surface area contributed by atoms with E-state index in [9.17, 15) is 4.39 Å². The maximum atomic E-state index is 13.3. The molecule has 0 atom stereocenters. The van der Waals surface area contributed by atoms with Crippen molar-refractivity contribution >= 4 is 5.69 Å². The summed E-state index contributed by atoms with van der Waals surface area (Å²) in [5, 5.41) is 0. The quantitative estimate of drug-likeness (QED) is 0.804. The van der Waals surface area contributed by atoms with E-state index in [1.54, 1.807) is 13.2 Å². The van der Waals surface area contributed by atoms with E-state index in [1.165, 1.54) is 12.1 Å². The number of aryl methyl sites for hydroxylation is 1. The third kappa shape index (κ3) is 2.23. The Hall–Kier alpha value is -2.03. The molecule has 0 radical (unpaired) electrons. The highest BCUT2D eigenvalue weighted by Crippen LogP contribution is 2.32. The Morgan fingerprint density at radius 2 is 1.88 bits per heavy atom. The monoisotopic (exact) mass is 231 g/mol. The molecule has 0 aliphatic carbocycles. The topological polar surface area (TPSA) is 35.2 Å². The van der Waals surface area contributed by atoms with E-state index in [0.29, 0.717) is 17.0 Å². The van der Waals surface area contributed by atoms with E-state index >= 15 is 0 Å². The Morgan fingerprint density at radius 3 is 2.53 bits per heavy atom. The van der Waals surface area contributed by atoms with Gasteiger partial charge in [-0.1, -0.05) is 12.1 Å². The molecular formula is C14H14FNO. The lowest BCUT2D eigenvalue weighted by Gasteiger charge is -2.10. The number of hydrogen-bond donors (Lipinski definition) is 1. The van der Waals surface area contributed by atoms with Crippen LogP contribution in [0.5, 0.6) is 5.75 Å². The predicted octanol–water partition coefficient (Wildman–Crippen LogP) is 3.39. The minimum atomic E-state index is -0.292. The van der Waals surface area contributed by atoms with Crippen LogP contribution in [0, 0.1) is 12.7 Å². The third-order valence-electron chi connectivity index (χ3n) is 2.75. The van der Waals surface area contributed by atoms with E-state index in [-0.39, 0.29) is 5.82 Å². The Bertz CT molecular complexity index is 552. The molecule has 88 valence electrons. The van der Waals surface area contributed by atoms with Crippen LogP contribution in [0.15, 0.2) is 36.4 Å². The molecular weight excluding hydrogens is 217 g/mol. The molecule has 0 saturated heterocycles. The van der Waals surface area contributed by atoms with Gasteiger partial charge in [0.2, 0.25) is 0 Å². The highest BCUT2D eigenvalue weighted by atomic mass is 19.1. The minimum Gasteiger partial charge on any atom is -0.496 e. The minimum absolute atomic E-state index is 0.292. The number of nitrogen functional groups attached to an aromatic ring is 1. The van der Waals surface area contributed by atoms with Gasteiger partial charge in [-0.15, -0.1) is 0 Å². The number of rotatable bonds is 2. The first-order chi connectivity index (χ1) is 8.11. The summed E-state index contributed by atoms with van der Waals surface area (Å²) in [5.41, 5.74) is 9.10. The molecule has 0 bridgehead atoms. The maximum Gasteiger partial charge on any atom is 0.126 e. The van der Waals surface area contributed by atoms with Crippen molar-refractivity contribution < 1.29 is 9.13 Å². The summed E-state index contributed by atoms with van der Waals surface area (Å²) in [6.07, 6.45) is 0. The summed E-state index contributed by atoms with van der Waals surface area (Å²) in [6, 6.07) is 10.1. The lowest BCUT2D eigenvalue weighted by molar-refractivity contribution is 0.415. The van der Waals surface area contributed by atoms with Crippen molar-refractivity contribution in [3.8, 4) is 16.9 Å². The Balaban J connectivity index is 2.58. The second kappa shape index (κ2) is 4.45. The van der Waals surface area contributed by atoms with Crippen LogP contribution in [0.1, 0.15) is 5.56 Å². The molecule has 17 heavy (non-hydrogen) atoms. The predicted molar refractivity (Wildman–Crippen MR) is 67.5 cm³/mol. The Labute approximate surface area is 99.8 Å². The fourth-order valence-electron chi connectivity index (χ4n) is 1.71. The average Bonchev–Trinajstić information content (AvgIpc) is 2.32. The summed E-state index contributed by atoms with van der Waals surface area (Å²) in [7, 11) is 1.56. The van der Waals surface area contributed by atoms with Crippen LogP contribution >= 0.6 is 0 Å². The van der Waals surface area contributed by atoms with E-state index in [4.69, 9.17) is 10.5 Å². The van der Waals surface area contributed by atoms with Crippen molar-refractivity contribution in [1.29, 1.82) is 0 Å². The lowest BCUT2D eigenvalue weighted by atomic mass is 10.0. The fraction of sp³-hybridized carbons (Fsp3) is 0.143. The fourth-order valence-corrected chi connectivity index (χ4v) is 1.71. The van der Waals surface area contributed by atoms with Gasteiger partial charge in [-0.05, 0) is 42.3 Å². The number of halogens is 1. The Morgan fingerprint density at radius 1 is 1.12 bits per heavy atom. The largest absolute Gasteiger partial charge is 0.496 e. The summed E-state index contributed by atoms with van der Waals surface area (Å²) >= 11 is 0. The standard InChI is InChI=1S/C14H14FNO/c1-9-3-4-10(7-13(9)16)12-8-11(15)5-6-14(12)17-2/h3-8H,16H2,1-2H3. The molecule has 2 aromatic carbocycles. The van der Waals surface area contributed by atoms with Gasteiger partial charge in [0.15, 0.2) is 0 Å². The molecule has 2 nitrogen and oxygen atoms in total. The first kappa shape index (κ1) is 11.5. The van der Waals surface area contributed by atoms with Crippen molar-refractivity contribution in [2.45, 2.75) is 6.92 Å². The van der Waals surface area contributed by atoms with Crippen LogP contribution in [0.3, 0.4) is 0 Å². The molecule has 0 unspecified atom stereocenters. The van der Waals surface area contributed by atoms with Crippen LogP contribution in [0.4, 0.5) is 10.1 Å². The van der Waals surface area contributed by atoms with Crippen molar-refractivity contribution in [2.24, 2.45) is 0 Å². The van der Waals surface area contributed by atoms with Gasteiger partial charge in [-0.3, -0.25) is 0 Å². The van der Waals surface area contributed by atoms with Crippen molar-refractivity contribution in [1.82, 2.24) is 0 Å². The smallest absolute Gasteiger partial charge is 0.126 e. The van der Waals surface area contributed by atoms with Gasteiger partial charge >= 0.3 is 0 Å². The SMILES string of the molecule is COc1ccc(F)cc1-c1ccc(C)c(N)c1. The first-order valence-corrected chi connectivity index (χ1v) is 5.32. The van der Waals surface area contributed by atoms with Gasteiger partial charge in [0.1, 0.15) is 11.6 Å². The molecule has 0 fully saturated rings. The summed E-state index contributed by atoms with van der Waals surface area (Å²) in [5.74, 6) is 0.342. The van der Waals surface area contributed by atoms with E-state index < -0.39 is 0 Å². The van der Waals surface area contributed by atoms with E-state index in [2.05, 4.69) is 0 Å². The molecule has 0 aliphatic rings. The highest BCUT2D eigenvalue weighted by Gasteiger charge is 2.08. The molecule has 0 spiro atoms. The molecule has 2 N–H and O–H groups in total. The van der Waals surface area contributed by atoms with Crippen molar-refractivity contribution in [2.75, 3.05) is 12.8 Å². The van der Waals surface area contributed by atoms with Crippen LogP contribution in [-0.4, -0.2) is 7.11 Å². The van der Waals surface area contributed by atoms with Crippen LogP contribution in [-0.2, 0) is 0 Å². The molecule has 0 aliphatic heterocycles. The number of anilines is 1. The van der Waals surface area contributed by atoms with Gasteiger partial charge in [-0.25, -0.2) is 4.39 Å². The number of methoxy groups -OCH3 is 1. The molecule has 2 aromatic rings. The maximum absolute atomic E-state index is 13.3. The van der Waals surface area contributed by atoms with E-state index in [0.717, 1.165) is 11.1 Å². The van der Waals surface area contributed by atoms with Gasteiger partial charge in [-0.2, -0.15) is 0 Å². The number of hydrogen-bond acceptors (Lipinski definition) is 2. The number of benzene rings is 2. The zero-order valence-corrected chi connectivity index (χ0v) is 9.83. The third-order valence-corrected chi connectivity index (χ3v) is 2.75. The van der Waals surface area contributed by atoms with Gasteiger partial charge in [0.05, 0.1) is 7.11 Å².